The van der Waals surface area contributed by atoms with Gasteiger partial charge < -0.3 is 10.2 Å². The van der Waals surface area contributed by atoms with E-state index >= 15 is 0 Å². The average molecular weight is 250 g/mol. The van der Waals surface area contributed by atoms with Gasteiger partial charge in [0.15, 0.2) is 0 Å². The predicted molar refractivity (Wildman–Crippen MR) is 70.1 cm³/mol. The fraction of sp³-hybridized carbons (Fsp3) is 0.692. The van der Waals surface area contributed by atoms with Crippen molar-refractivity contribution >= 4 is 5.91 Å². The highest BCUT2D eigenvalue weighted by Crippen LogP contribution is 2.10. The number of nitrogens with zero attached hydrogens (tertiary/aromatic N) is 2. The molecule has 0 aromatic carbocycles. The molecule has 5 nitrogen and oxygen atoms in total. The number of aromatic amines is 1. The lowest BCUT2D eigenvalue weighted by molar-refractivity contribution is -0.132. The number of nitrogens with one attached hydrogen (secondary N) is 2. The molecule has 2 N–H and O–H groups in total. The van der Waals surface area contributed by atoms with E-state index in [4.69, 9.17) is 0 Å². The lowest BCUT2D eigenvalue weighted by atomic mass is 10.1. The van der Waals surface area contributed by atoms with Crippen molar-refractivity contribution in [1.82, 2.24) is 20.4 Å². The van der Waals surface area contributed by atoms with Crippen molar-refractivity contribution in [2.24, 2.45) is 0 Å². The molecule has 100 valence electrons. The van der Waals surface area contributed by atoms with Crippen LogP contribution in [0.1, 0.15) is 44.3 Å². The smallest absolute Gasteiger partial charge is 0.223 e. The maximum Gasteiger partial charge on any atom is 0.223 e. The third-order valence-corrected chi connectivity index (χ3v) is 3.49. The van der Waals surface area contributed by atoms with Crippen LogP contribution in [0.5, 0.6) is 0 Å². The monoisotopic (exact) mass is 250 g/mol. The van der Waals surface area contributed by atoms with E-state index in [1.165, 1.54) is 6.42 Å². The van der Waals surface area contributed by atoms with E-state index < -0.39 is 0 Å². The molecule has 1 fully saturated rings. The van der Waals surface area contributed by atoms with Crippen molar-refractivity contribution in [1.29, 1.82) is 0 Å². The molecule has 1 aromatic heterocycles. The highest BCUT2D eigenvalue weighted by atomic mass is 16.2. The van der Waals surface area contributed by atoms with Gasteiger partial charge in [0, 0.05) is 38.3 Å². The fourth-order valence-electron chi connectivity index (χ4n) is 2.31. The van der Waals surface area contributed by atoms with Gasteiger partial charge in [-0.3, -0.25) is 9.89 Å². The minimum absolute atomic E-state index is 0.210. The average Bonchev–Trinajstić information content (AvgIpc) is 2.93. The molecule has 1 unspecified atom stereocenters. The number of hydrogen-bond acceptors (Lipinski definition) is 3. The van der Waals surface area contributed by atoms with Crippen molar-refractivity contribution in [2.75, 3.05) is 19.6 Å². The van der Waals surface area contributed by atoms with Gasteiger partial charge in [0.05, 0.1) is 5.69 Å². The van der Waals surface area contributed by atoms with Crippen molar-refractivity contribution in [2.45, 2.75) is 38.6 Å². The lowest BCUT2D eigenvalue weighted by Crippen LogP contribution is -2.37. The van der Waals surface area contributed by atoms with Gasteiger partial charge in [-0.2, -0.15) is 5.10 Å². The molecular weight excluding hydrogens is 228 g/mol. The Morgan fingerprint density at radius 3 is 2.94 bits per heavy atom. The van der Waals surface area contributed by atoms with Gasteiger partial charge in [0.1, 0.15) is 0 Å². The van der Waals surface area contributed by atoms with Crippen LogP contribution in [0, 0.1) is 0 Å². The SMILES string of the molecule is CC(NCCC(=O)N1CCCCC1)c1ccn[nH]1. The van der Waals surface area contributed by atoms with E-state index in [0.717, 1.165) is 38.2 Å². The Morgan fingerprint density at radius 2 is 2.28 bits per heavy atom. The molecular formula is C13H22N4O. The third kappa shape index (κ3) is 3.57. The number of carbonyl (C=O) groups excluding carboxylic acids is 1. The second-order valence-corrected chi connectivity index (χ2v) is 4.88. The number of carbonyl (C=O) groups is 1. The van der Waals surface area contributed by atoms with E-state index in [9.17, 15) is 4.79 Å². The minimum Gasteiger partial charge on any atom is -0.343 e. The maximum atomic E-state index is 11.9. The molecule has 18 heavy (non-hydrogen) atoms. The quantitative estimate of drug-likeness (QED) is 0.831. The van der Waals surface area contributed by atoms with E-state index in [-0.39, 0.29) is 11.9 Å². The summed E-state index contributed by atoms with van der Waals surface area (Å²) >= 11 is 0. The Morgan fingerprint density at radius 1 is 1.50 bits per heavy atom. The number of hydrogen-bond donors (Lipinski definition) is 2. The Labute approximate surface area is 108 Å². The fourth-order valence-corrected chi connectivity index (χ4v) is 2.31. The summed E-state index contributed by atoms with van der Waals surface area (Å²) in [7, 11) is 0. The second kappa shape index (κ2) is 6.54. The molecule has 5 heteroatoms. The molecule has 2 rings (SSSR count). The number of H-pyrrole nitrogens is 1. The minimum atomic E-state index is 0.210. The van der Waals surface area contributed by atoms with Crippen LogP contribution in [-0.4, -0.2) is 40.6 Å². The Kier molecular flexibility index (Phi) is 4.75. The zero-order chi connectivity index (χ0) is 12.8. The number of aromatic nitrogens is 2. The largest absolute Gasteiger partial charge is 0.343 e. The molecule has 0 saturated carbocycles. The molecule has 1 saturated heterocycles. The molecule has 0 bridgehead atoms. The van der Waals surface area contributed by atoms with E-state index in [2.05, 4.69) is 22.4 Å². The van der Waals surface area contributed by atoms with Gasteiger partial charge in [-0.15, -0.1) is 0 Å². The van der Waals surface area contributed by atoms with Crippen LogP contribution in [0.4, 0.5) is 0 Å². The Bertz CT molecular complexity index is 357. The first-order chi connectivity index (χ1) is 8.77. The Hall–Kier alpha value is -1.36. The van der Waals surface area contributed by atoms with E-state index in [1.54, 1.807) is 6.20 Å². The summed E-state index contributed by atoms with van der Waals surface area (Å²) in [4.78, 5) is 13.9. The topological polar surface area (TPSA) is 61.0 Å². The summed E-state index contributed by atoms with van der Waals surface area (Å²) in [5.41, 5.74) is 1.06. The first kappa shape index (κ1) is 13.1. The molecule has 1 aromatic rings. The van der Waals surface area contributed by atoms with Crippen molar-refractivity contribution < 1.29 is 4.79 Å². The van der Waals surface area contributed by atoms with Crippen LogP contribution in [0.3, 0.4) is 0 Å². The summed E-state index contributed by atoms with van der Waals surface area (Å²) in [5.74, 6) is 0.277. The van der Waals surface area contributed by atoms with E-state index in [1.807, 2.05) is 11.0 Å². The van der Waals surface area contributed by atoms with Gasteiger partial charge in [-0.05, 0) is 32.3 Å². The predicted octanol–water partition coefficient (Wildman–Crippen LogP) is 1.46. The molecule has 1 aliphatic heterocycles. The standard InChI is InChI=1S/C13H22N4O/c1-11(12-5-8-15-16-12)14-7-6-13(18)17-9-3-2-4-10-17/h5,8,11,14H,2-4,6-7,9-10H2,1H3,(H,15,16). The highest BCUT2D eigenvalue weighted by molar-refractivity contribution is 5.76. The molecule has 1 aliphatic rings. The molecule has 0 spiro atoms. The van der Waals surface area contributed by atoms with Crippen LogP contribution >= 0.6 is 0 Å². The molecule has 0 radical (unpaired) electrons. The highest BCUT2D eigenvalue weighted by Gasteiger charge is 2.16. The van der Waals surface area contributed by atoms with Gasteiger partial charge >= 0.3 is 0 Å². The summed E-state index contributed by atoms with van der Waals surface area (Å²) in [5, 5.41) is 10.2. The number of rotatable bonds is 5. The number of piperidine rings is 1. The van der Waals surface area contributed by atoms with Gasteiger partial charge in [0.25, 0.3) is 0 Å². The van der Waals surface area contributed by atoms with Gasteiger partial charge in [-0.25, -0.2) is 0 Å². The van der Waals surface area contributed by atoms with Crippen molar-refractivity contribution in [3.63, 3.8) is 0 Å². The molecule has 1 atom stereocenters. The number of amides is 1. The van der Waals surface area contributed by atoms with E-state index in [0.29, 0.717) is 6.42 Å². The van der Waals surface area contributed by atoms with Crippen LogP contribution in [-0.2, 0) is 4.79 Å². The first-order valence-electron chi connectivity index (χ1n) is 6.78. The third-order valence-electron chi connectivity index (χ3n) is 3.49. The molecule has 0 aliphatic carbocycles. The van der Waals surface area contributed by atoms with Crippen LogP contribution in [0.2, 0.25) is 0 Å². The van der Waals surface area contributed by atoms with Crippen LogP contribution in [0.25, 0.3) is 0 Å². The normalized spacial score (nSPS) is 17.7. The van der Waals surface area contributed by atoms with Gasteiger partial charge in [-0.1, -0.05) is 0 Å². The van der Waals surface area contributed by atoms with Crippen molar-refractivity contribution in [3.05, 3.63) is 18.0 Å². The molecule has 2 heterocycles. The zero-order valence-corrected chi connectivity index (χ0v) is 11.0. The summed E-state index contributed by atoms with van der Waals surface area (Å²) in [6.45, 7) is 4.66. The van der Waals surface area contributed by atoms with Crippen LogP contribution < -0.4 is 5.32 Å². The summed E-state index contributed by atoms with van der Waals surface area (Å²) in [6.07, 6.45) is 5.90. The van der Waals surface area contributed by atoms with Crippen molar-refractivity contribution in [3.8, 4) is 0 Å². The summed E-state index contributed by atoms with van der Waals surface area (Å²) < 4.78 is 0. The maximum absolute atomic E-state index is 11.9. The Balaban J connectivity index is 1.67. The lowest BCUT2D eigenvalue weighted by Gasteiger charge is -2.27. The first-order valence-corrected chi connectivity index (χ1v) is 6.78. The second-order valence-electron chi connectivity index (χ2n) is 4.88. The number of likely N-dealkylation sites (tertiary alicyclic amines) is 1. The zero-order valence-electron chi connectivity index (χ0n) is 11.0. The molecule has 1 amide bonds. The summed E-state index contributed by atoms with van der Waals surface area (Å²) in [6, 6.07) is 2.16. The van der Waals surface area contributed by atoms with Crippen LogP contribution in [0.15, 0.2) is 12.3 Å². The van der Waals surface area contributed by atoms with Gasteiger partial charge in [0.2, 0.25) is 5.91 Å².